The molecule has 3 heterocycles. The second-order valence-electron chi connectivity index (χ2n) is 7.62. The number of nitrogens with two attached hydrogens (primary N) is 1. The van der Waals surface area contributed by atoms with Crippen molar-refractivity contribution in [3.8, 4) is 11.3 Å². The summed E-state index contributed by atoms with van der Waals surface area (Å²) >= 11 is 0. The van der Waals surface area contributed by atoms with Crippen LogP contribution in [0, 0.1) is 0 Å². The van der Waals surface area contributed by atoms with Crippen LogP contribution >= 0.6 is 0 Å². The zero-order chi connectivity index (χ0) is 20.2. The number of benzene rings is 1. The molecule has 7 heteroatoms. The summed E-state index contributed by atoms with van der Waals surface area (Å²) in [6, 6.07) is 11.8. The van der Waals surface area contributed by atoms with Gasteiger partial charge in [0, 0.05) is 36.8 Å². The monoisotopic (exact) mass is 392 g/mol. The van der Waals surface area contributed by atoms with Crippen LogP contribution in [-0.2, 0) is 0 Å². The highest BCUT2D eigenvalue weighted by atomic mass is 16.2. The number of unbranched alkanes of at least 4 members (excludes halogenated alkanes) is 1. The van der Waals surface area contributed by atoms with E-state index in [1.807, 2.05) is 52.0 Å². The third kappa shape index (κ3) is 4.24. The van der Waals surface area contributed by atoms with Crippen LogP contribution < -0.4 is 11.1 Å². The van der Waals surface area contributed by atoms with Gasteiger partial charge in [0.2, 0.25) is 0 Å². The van der Waals surface area contributed by atoms with Crippen LogP contribution in [0.25, 0.3) is 16.9 Å². The number of carbonyl (C=O) groups is 1. The summed E-state index contributed by atoms with van der Waals surface area (Å²) in [6.07, 6.45) is 5.80. The molecule has 0 spiro atoms. The number of fused-ring (bicyclic) bond motifs is 1. The molecule has 0 unspecified atom stereocenters. The molecule has 0 atom stereocenters. The van der Waals surface area contributed by atoms with Crippen LogP contribution in [-0.4, -0.2) is 51.1 Å². The molecule has 0 bridgehead atoms. The van der Waals surface area contributed by atoms with E-state index in [0.29, 0.717) is 5.56 Å². The van der Waals surface area contributed by atoms with Crippen LogP contribution in [0.4, 0.5) is 5.82 Å². The first kappa shape index (κ1) is 19.4. The number of piperidine rings is 1. The molecule has 1 aliphatic heterocycles. The number of hydrogen-bond acceptors (Lipinski definition) is 5. The summed E-state index contributed by atoms with van der Waals surface area (Å²) < 4.78 is 1.84. The van der Waals surface area contributed by atoms with Crippen molar-refractivity contribution in [1.29, 1.82) is 0 Å². The Labute approximate surface area is 170 Å². The lowest BCUT2D eigenvalue weighted by Crippen LogP contribution is -2.42. The number of anilines is 1. The highest BCUT2D eigenvalue weighted by molar-refractivity contribution is 5.94. The number of aromatic nitrogens is 3. The summed E-state index contributed by atoms with van der Waals surface area (Å²) in [6.45, 7) is 4.53. The Balaban J connectivity index is 1.53. The van der Waals surface area contributed by atoms with Crippen LogP contribution in [0.1, 0.15) is 43.0 Å². The first-order valence-electron chi connectivity index (χ1n) is 10.4. The predicted molar refractivity (Wildman–Crippen MR) is 115 cm³/mol. The SMILES string of the molecule is CCCCNc1ccc2ncc(-c3ccc(C(=O)N4CCC(N)CC4)cc3)n2n1. The Morgan fingerprint density at radius 3 is 2.66 bits per heavy atom. The van der Waals surface area contributed by atoms with E-state index in [0.717, 1.165) is 68.0 Å². The van der Waals surface area contributed by atoms with Gasteiger partial charge >= 0.3 is 0 Å². The number of nitrogens with one attached hydrogen (secondary N) is 1. The van der Waals surface area contributed by atoms with E-state index < -0.39 is 0 Å². The highest BCUT2D eigenvalue weighted by Crippen LogP contribution is 2.22. The molecule has 4 rings (SSSR count). The zero-order valence-electron chi connectivity index (χ0n) is 16.8. The third-order valence-electron chi connectivity index (χ3n) is 5.45. The fourth-order valence-corrected chi connectivity index (χ4v) is 3.63. The fraction of sp³-hybridized carbons (Fsp3) is 0.409. The normalized spacial score (nSPS) is 15.0. The number of carbonyl (C=O) groups excluding carboxylic acids is 1. The van der Waals surface area contributed by atoms with E-state index in [1.54, 1.807) is 0 Å². The number of imidazole rings is 1. The first-order chi connectivity index (χ1) is 14.2. The summed E-state index contributed by atoms with van der Waals surface area (Å²) in [5.74, 6) is 0.905. The third-order valence-corrected chi connectivity index (χ3v) is 5.45. The van der Waals surface area contributed by atoms with Crippen LogP contribution in [0.15, 0.2) is 42.6 Å². The molecule has 7 nitrogen and oxygen atoms in total. The lowest BCUT2D eigenvalue weighted by molar-refractivity contribution is 0.0715. The van der Waals surface area contributed by atoms with Crippen molar-refractivity contribution in [1.82, 2.24) is 19.5 Å². The Morgan fingerprint density at radius 1 is 1.17 bits per heavy atom. The Bertz CT molecular complexity index is 973. The van der Waals surface area contributed by atoms with Crippen molar-refractivity contribution in [3.63, 3.8) is 0 Å². The van der Waals surface area contributed by atoms with Gasteiger partial charge in [-0.15, -0.1) is 5.10 Å². The molecule has 1 fully saturated rings. The Kier molecular flexibility index (Phi) is 5.76. The molecule has 1 aliphatic rings. The molecule has 152 valence electrons. The van der Waals surface area contributed by atoms with Crippen molar-refractivity contribution < 1.29 is 4.79 Å². The van der Waals surface area contributed by atoms with E-state index >= 15 is 0 Å². The molecule has 1 amide bonds. The maximum atomic E-state index is 12.7. The lowest BCUT2D eigenvalue weighted by atomic mass is 10.0. The number of likely N-dealkylation sites (tertiary alicyclic amines) is 1. The van der Waals surface area contributed by atoms with Gasteiger partial charge in [-0.1, -0.05) is 25.5 Å². The smallest absolute Gasteiger partial charge is 0.253 e. The average Bonchev–Trinajstić information content (AvgIpc) is 3.17. The van der Waals surface area contributed by atoms with Gasteiger partial charge in [-0.05, 0) is 43.5 Å². The summed E-state index contributed by atoms with van der Waals surface area (Å²) in [5, 5.41) is 8.03. The zero-order valence-corrected chi connectivity index (χ0v) is 16.8. The molecular formula is C22H28N6O. The van der Waals surface area contributed by atoms with E-state index in [1.165, 1.54) is 0 Å². The second kappa shape index (κ2) is 8.61. The van der Waals surface area contributed by atoms with E-state index in [4.69, 9.17) is 5.73 Å². The van der Waals surface area contributed by atoms with Crippen LogP contribution in [0.5, 0.6) is 0 Å². The van der Waals surface area contributed by atoms with E-state index in [9.17, 15) is 4.79 Å². The topological polar surface area (TPSA) is 88.5 Å². The maximum Gasteiger partial charge on any atom is 0.253 e. The van der Waals surface area contributed by atoms with Gasteiger partial charge in [-0.3, -0.25) is 4.79 Å². The predicted octanol–water partition coefficient (Wildman–Crippen LogP) is 3.17. The molecule has 29 heavy (non-hydrogen) atoms. The summed E-state index contributed by atoms with van der Waals surface area (Å²) in [7, 11) is 0. The Morgan fingerprint density at radius 2 is 1.93 bits per heavy atom. The van der Waals surface area contributed by atoms with Gasteiger partial charge in [-0.25, -0.2) is 9.50 Å². The molecule has 2 aromatic heterocycles. The van der Waals surface area contributed by atoms with Crippen molar-refractivity contribution in [2.45, 2.75) is 38.6 Å². The van der Waals surface area contributed by atoms with Gasteiger partial charge in [-0.2, -0.15) is 0 Å². The molecule has 1 aromatic carbocycles. The van der Waals surface area contributed by atoms with Gasteiger partial charge in [0.25, 0.3) is 5.91 Å². The van der Waals surface area contributed by atoms with Crippen LogP contribution in [0.3, 0.4) is 0 Å². The first-order valence-corrected chi connectivity index (χ1v) is 10.4. The molecule has 3 N–H and O–H groups in total. The van der Waals surface area contributed by atoms with Crippen molar-refractivity contribution in [3.05, 3.63) is 48.2 Å². The summed E-state index contributed by atoms with van der Waals surface area (Å²) in [4.78, 5) is 19.1. The minimum atomic E-state index is 0.0714. The summed E-state index contributed by atoms with van der Waals surface area (Å²) in [5.41, 5.74) is 9.33. The quantitative estimate of drug-likeness (QED) is 0.629. The van der Waals surface area contributed by atoms with Crippen LogP contribution in [0.2, 0.25) is 0 Å². The second-order valence-corrected chi connectivity index (χ2v) is 7.62. The number of hydrogen-bond donors (Lipinski definition) is 2. The number of amides is 1. The molecular weight excluding hydrogens is 364 g/mol. The van der Waals surface area contributed by atoms with Gasteiger partial charge < -0.3 is 16.0 Å². The molecule has 3 aromatic rings. The fourth-order valence-electron chi connectivity index (χ4n) is 3.63. The molecule has 0 saturated carbocycles. The van der Waals surface area contributed by atoms with E-state index in [2.05, 4.69) is 22.3 Å². The van der Waals surface area contributed by atoms with Crippen molar-refractivity contribution >= 4 is 17.4 Å². The van der Waals surface area contributed by atoms with E-state index in [-0.39, 0.29) is 11.9 Å². The van der Waals surface area contributed by atoms with Crippen molar-refractivity contribution in [2.75, 3.05) is 25.0 Å². The van der Waals surface area contributed by atoms with Crippen molar-refractivity contribution in [2.24, 2.45) is 5.73 Å². The molecule has 0 radical (unpaired) electrons. The Hall–Kier alpha value is -2.93. The minimum absolute atomic E-state index is 0.0714. The molecule has 0 aliphatic carbocycles. The highest BCUT2D eigenvalue weighted by Gasteiger charge is 2.21. The lowest BCUT2D eigenvalue weighted by Gasteiger charge is -2.30. The standard InChI is InChI=1S/C22H28N6O/c1-2-3-12-24-20-8-9-21-25-15-19(28(21)26-20)16-4-6-17(7-5-16)22(29)27-13-10-18(23)11-14-27/h4-9,15,18H,2-3,10-14,23H2,1H3,(H,24,26). The minimum Gasteiger partial charge on any atom is -0.369 e. The largest absolute Gasteiger partial charge is 0.369 e. The van der Waals surface area contributed by atoms with Gasteiger partial charge in [0.1, 0.15) is 5.82 Å². The van der Waals surface area contributed by atoms with Gasteiger partial charge in [0.15, 0.2) is 5.65 Å². The average molecular weight is 393 g/mol. The number of nitrogens with zero attached hydrogens (tertiary/aromatic N) is 4. The van der Waals surface area contributed by atoms with Gasteiger partial charge in [0.05, 0.1) is 11.9 Å². The molecule has 1 saturated heterocycles. The number of rotatable bonds is 6. The maximum absolute atomic E-state index is 12.7.